The zero-order chi connectivity index (χ0) is 28.8. The van der Waals surface area contributed by atoms with Crippen molar-refractivity contribution in [1.82, 2.24) is 15.2 Å². The summed E-state index contributed by atoms with van der Waals surface area (Å²) in [5, 5.41) is 6.73. The maximum absolute atomic E-state index is 13.6. The van der Waals surface area contributed by atoms with Gasteiger partial charge in [0.15, 0.2) is 10.8 Å². The molecule has 1 saturated heterocycles. The molecule has 11 nitrogen and oxygen atoms in total. The monoisotopic (exact) mass is 570 g/mol. The van der Waals surface area contributed by atoms with Gasteiger partial charge in [0.05, 0.1) is 13.7 Å². The first-order chi connectivity index (χ1) is 19.2. The third kappa shape index (κ3) is 6.26. The largest absolute Gasteiger partial charge is 0.491 e. The number of halogens is 1. The smallest absolute Gasteiger partial charge is 0.357 e. The quantitative estimate of drug-likeness (QED) is 0.203. The molecule has 2 aromatic carbocycles. The van der Waals surface area contributed by atoms with Crippen molar-refractivity contribution >= 4 is 40.3 Å². The molecular formula is C27H27FN4O7S. The second-order valence-corrected chi connectivity index (χ2v) is 9.66. The minimum atomic E-state index is -1.33. The number of benzene rings is 2. The van der Waals surface area contributed by atoms with Gasteiger partial charge in [0.25, 0.3) is 5.91 Å². The number of esters is 1. The van der Waals surface area contributed by atoms with Gasteiger partial charge < -0.3 is 24.8 Å². The van der Waals surface area contributed by atoms with Crippen molar-refractivity contribution in [2.24, 2.45) is 0 Å². The first kappa shape index (κ1) is 28.6. The first-order valence-electron chi connectivity index (χ1n) is 12.2. The molecule has 1 aliphatic heterocycles. The van der Waals surface area contributed by atoms with Crippen molar-refractivity contribution in [3.63, 3.8) is 0 Å². The molecule has 0 bridgehead atoms. The molecule has 1 fully saturated rings. The van der Waals surface area contributed by atoms with Crippen molar-refractivity contribution in [2.45, 2.75) is 24.9 Å². The van der Waals surface area contributed by atoms with E-state index in [0.29, 0.717) is 30.1 Å². The summed E-state index contributed by atoms with van der Waals surface area (Å²) < 4.78 is 28.8. The number of carbonyl (C=O) groups excluding carboxylic acids is 4. The number of hydrogen-bond donors (Lipinski definition) is 2. The number of amides is 4. The van der Waals surface area contributed by atoms with Gasteiger partial charge in [0.2, 0.25) is 5.91 Å². The number of rotatable bonds is 11. The number of hydrogen-bond acceptors (Lipinski definition) is 9. The van der Waals surface area contributed by atoms with Gasteiger partial charge in [-0.05, 0) is 35.4 Å². The number of carbonyl (C=O) groups is 4. The number of urea groups is 1. The molecule has 4 rings (SSSR count). The number of ether oxygens (including phenoxy) is 3. The Hall–Kier alpha value is -4.36. The Morgan fingerprint density at radius 1 is 1.10 bits per heavy atom. The van der Waals surface area contributed by atoms with Crippen LogP contribution < -0.4 is 15.4 Å². The number of anilines is 1. The standard InChI is InChI=1S/C27H27FN4O7S/c1-15(16-4-8-18(28)9-5-16)22(23(33)31-26-29-20(14-40-26)25(35)38-3)32-24(34)21(30-27(32)36)17-6-10-19(11-7-17)39-13-12-37-2/h4-11,14-15,21-22H,12-13H2,1-3H3,(H,30,36)(H,29,31,33)/t15?,21-,22+/m1/s1. The van der Waals surface area contributed by atoms with E-state index in [1.807, 2.05) is 0 Å². The maximum Gasteiger partial charge on any atom is 0.357 e. The molecule has 0 saturated carbocycles. The van der Waals surface area contributed by atoms with E-state index >= 15 is 0 Å². The molecule has 1 unspecified atom stereocenters. The fourth-order valence-corrected chi connectivity index (χ4v) is 4.89. The number of methoxy groups -OCH3 is 2. The van der Waals surface area contributed by atoms with Gasteiger partial charge in [-0.2, -0.15) is 0 Å². The predicted octanol–water partition coefficient (Wildman–Crippen LogP) is 3.50. The van der Waals surface area contributed by atoms with Crippen molar-refractivity contribution in [3.05, 3.63) is 76.5 Å². The van der Waals surface area contributed by atoms with E-state index in [2.05, 4.69) is 20.4 Å². The summed E-state index contributed by atoms with van der Waals surface area (Å²) in [6.07, 6.45) is 0. The summed E-state index contributed by atoms with van der Waals surface area (Å²) in [5.41, 5.74) is 1.02. The maximum atomic E-state index is 13.6. The summed E-state index contributed by atoms with van der Waals surface area (Å²) in [6, 6.07) is 8.93. The highest BCUT2D eigenvalue weighted by molar-refractivity contribution is 7.14. The van der Waals surface area contributed by atoms with Crippen LogP contribution in [0.2, 0.25) is 0 Å². The van der Waals surface area contributed by atoms with Crippen LogP contribution in [0.15, 0.2) is 53.9 Å². The van der Waals surface area contributed by atoms with Gasteiger partial charge in [0.1, 0.15) is 30.3 Å². The molecule has 210 valence electrons. The van der Waals surface area contributed by atoms with E-state index in [0.717, 1.165) is 16.2 Å². The summed E-state index contributed by atoms with van der Waals surface area (Å²) in [4.78, 5) is 57.1. The molecule has 2 N–H and O–H groups in total. The average molecular weight is 571 g/mol. The summed E-state index contributed by atoms with van der Waals surface area (Å²) in [7, 11) is 2.77. The van der Waals surface area contributed by atoms with Gasteiger partial charge >= 0.3 is 12.0 Å². The Labute approximate surface area is 233 Å². The molecule has 0 radical (unpaired) electrons. The SMILES string of the molecule is COCCOc1ccc([C@H]2NC(=O)N([C@H](C(=O)Nc3nc(C(=O)OC)cs3)C(C)c3ccc(F)cc3)C2=O)cc1. The number of aromatic nitrogens is 1. The van der Waals surface area contributed by atoms with Crippen molar-refractivity contribution < 1.29 is 37.8 Å². The zero-order valence-electron chi connectivity index (χ0n) is 21.9. The lowest BCUT2D eigenvalue weighted by molar-refractivity contribution is -0.134. The van der Waals surface area contributed by atoms with Crippen LogP contribution in [0.1, 0.15) is 40.5 Å². The second-order valence-electron chi connectivity index (χ2n) is 8.80. The highest BCUT2D eigenvalue weighted by Crippen LogP contribution is 2.32. The number of nitrogens with one attached hydrogen (secondary N) is 2. The number of nitrogens with zero attached hydrogens (tertiary/aromatic N) is 2. The summed E-state index contributed by atoms with van der Waals surface area (Å²) >= 11 is 0.981. The van der Waals surface area contributed by atoms with Crippen LogP contribution in [0.25, 0.3) is 0 Å². The van der Waals surface area contributed by atoms with Crippen LogP contribution in [0.5, 0.6) is 5.75 Å². The Kier molecular flexibility index (Phi) is 9.07. The minimum Gasteiger partial charge on any atom is -0.491 e. The molecule has 3 aromatic rings. The van der Waals surface area contributed by atoms with E-state index < -0.39 is 47.6 Å². The summed E-state index contributed by atoms with van der Waals surface area (Å²) in [5.74, 6) is -2.67. The molecule has 0 aliphatic carbocycles. The Bertz CT molecular complexity index is 1380. The molecule has 2 heterocycles. The highest BCUT2D eigenvalue weighted by Gasteiger charge is 2.47. The topological polar surface area (TPSA) is 136 Å². The van der Waals surface area contributed by atoms with E-state index in [4.69, 9.17) is 9.47 Å². The van der Waals surface area contributed by atoms with Crippen molar-refractivity contribution in [3.8, 4) is 5.75 Å². The van der Waals surface area contributed by atoms with E-state index in [1.54, 1.807) is 38.3 Å². The fourth-order valence-electron chi connectivity index (χ4n) is 4.21. The lowest BCUT2D eigenvalue weighted by Gasteiger charge is -2.29. The highest BCUT2D eigenvalue weighted by atomic mass is 32.1. The Balaban J connectivity index is 1.61. The van der Waals surface area contributed by atoms with Gasteiger partial charge in [-0.15, -0.1) is 11.3 Å². The van der Waals surface area contributed by atoms with Gasteiger partial charge in [-0.1, -0.05) is 31.2 Å². The van der Waals surface area contributed by atoms with Crippen LogP contribution in [0, 0.1) is 5.82 Å². The number of imide groups is 1. The van der Waals surface area contributed by atoms with E-state index in [1.165, 1.54) is 36.8 Å². The lowest BCUT2D eigenvalue weighted by atomic mass is 9.91. The fraction of sp³-hybridized carbons (Fsp3) is 0.296. The average Bonchev–Trinajstić information content (AvgIpc) is 3.53. The van der Waals surface area contributed by atoms with Crippen LogP contribution >= 0.6 is 11.3 Å². The van der Waals surface area contributed by atoms with Crippen LogP contribution in [0.3, 0.4) is 0 Å². The molecule has 1 aromatic heterocycles. The van der Waals surface area contributed by atoms with Gasteiger partial charge in [0, 0.05) is 18.4 Å². The predicted molar refractivity (Wildman–Crippen MR) is 143 cm³/mol. The minimum absolute atomic E-state index is 0.00404. The zero-order valence-corrected chi connectivity index (χ0v) is 22.7. The lowest BCUT2D eigenvalue weighted by Crippen LogP contribution is -2.50. The van der Waals surface area contributed by atoms with Gasteiger partial charge in [-0.25, -0.2) is 23.9 Å². The summed E-state index contributed by atoms with van der Waals surface area (Å²) in [6.45, 7) is 2.41. The van der Waals surface area contributed by atoms with Crippen molar-refractivity contribution in [1.29, 1.82) is 0 Å². The van der Waals surface area contributed by atoms with Crippen LogP contribution in [-0.4, -0.2) is 67.2 Å². The van der Waals surface area contributed by atoms with Gasteiger partial charge in [-0.3, -0.25) is 9.59 Å². The molecule has 13 heteroatoms. The Morgan fingerprint density at radius 3 is 2.45 bits per heavy atom. The third-order valence-electron chi connectivity index (χ3n) is 6.29. The normalized spacial score (nSPS) is 16.3. The van der Waals surface area contributed by atoms with Crippen molar-refractivity contribution in [2.75, 3.05) is 32.8 Å². The van der Waals surface area contributed by atoms with Crippen LogP contribution in [-0.2, 0) is 19.1 Å². The van der Waals surface area contributed by atoms with Crippen LogP contribution in [0.4, 0.5) is 14.3 Å². The molecule has 1 aliphatic rings. The third-order valence-corrected chi connectivity index (χ3v) is 7.04. The van der Waals surface area contributed by atoms with E-state index in [-0.39, 0.29) is 10.8 Å². The molecule has 3 atom stereocenters. The molecule has 4 amide bonds. The molecule has 40 heavy (non-hydrogen) atoms. The molecule has 0 spiro atoms. The Morgan fingerprint density at radius 2 is 1.80 bits per heavy atom. The van der Waals surface area contributed by atoms with E-state index in [9.17, 15) is 23.6 Å². The first-order valence-corrected chi connectivity index (χ1v) is 13.1. The number of thiazole rings is 1. The second kappa shape index (κ2) is 12.7. The molecular weight excluding hydrogens is 543 g/mol.